The Balaban J connectivity index is 1.95. The standard InChI is InChI=1S/C24H31ClN4O4/c1-15(2)17-7-5-6-8-19(17)24(13-29(14-24)11-16(30)12-33-4)23(32)28-20-10-27-21(25)9-18(20)22(31)26-3/h5-10,15-16,30H,11-14H2,1-4H3,(H,26,31)(H,28,32)/t16-/m1/s1. The van der Waals surface area contributed by atoms with Gasteiger partial charge in [0, 0.05) is 33.8 Å². The minimum atomic E-state index is -0.840. The van der Waals surface area contributed by atoms with E-state index in [4.69, 9.17) is 16.3 Å². The molecule has 9 heteroatoms. The molecule has 0 saturated carbocycles. The Morgan fingerprint density at radius 1 is 1.30 bits per heavy atom. The number of amides is 2. The number of aliphatic hydroxyl groups is 1. The van der Waals surface area contributed by atoms with Crippen LogP contribution in [0.15, 0.2) is 36.5 Å². The third-order valence-electron chi connectivity index (χ3n) is 5.94. The van der Waals surface area contributed by atoms with Crippen LogP contribution in [0.25, 0.3) is 0 Å². The summed E-state index contributed by atoms with van der Waals surface area (Å²) in [6.45, 7) is 5.67. The van der Waals surface area contributed by atoms with Crippen molar-refractivity contribution in [3.63, 3.8) is 0 Å². The zero-order chi connectivity index (χ0) is 24.2. The molecule has 0 radical (unpaired) electrons. The summed E-state index contributed by atoms with van der Waals surface area (Å²) in [5, 5.41) is 15.8. The van der Waals surface area contributed by atoms with Gasteiger partial charge in [-0.3, -0.25) is 14.5 Å². The van der Waals surface area contributed by atoms with Crippen molar-refractivity contribution >= 4 is 29.1 Å². The summed E-state index contributed by atoms with van der Waals surface area (Å²) >= 11 is 5.98. The highest BCUT2D eigenvalue weighted by Gasteiger charge is 2.52. The third kappa shape index (κ3) is 5.35. The number of pyridine rings is 1. The molecule has 0 spiro atoms. The quantitative estimate of drug-likeness (QED) is 0.482. The van der Waals surface area contributed by atoms with Gasteiger partial charge in [-0.1, -0.05) is 49.7 Å². The lowest BCUT2D eigenvalue weighted by molar-refractivity contribution is -0.129. The number of aromatic nitrogens is 1. The lowest BCUT2D eigenvalue weighted by Gasteiger charge is -2.50. The molecule has 1 fully saturated rings. The van der Waals surface area contributed by atoms with Crippen molar-refractivity contribution < 1.29 is 19.4 Å². The van der Waals surface area contributed by atoms with E-state index in [0.29, 0.717) is 25.3 Å². The Bertz CT molecular complexity index is 1010. The van der Waals surface area contributed by atoms with E-state index in [-0.39, 0.29) is 35.1 Å². The molecule has 1 atom stereocenters. The van der Waals surface area contributed by atoms with Gasteiger partial charge < -0.3 is 20.5 Å². The maximum atomic E-state index is 13.8. The molecule has 1 aromatic carbocycles. The van der Waals surface area contributed by atoms with Crippen molar-refractivity contribution in [2.75, 3.05) is 45.7 Å². The van der Waals surface area contributed by atoms with Gasteiger partial charge in [-0.15, -0.1) is 0 Å². The molecule has 1 aliphatic heterocycles. The average molecular weight is 475 g/mol. The molecule has 33 heavy (non-hydrogen) atoms. The molecule has 2 heterocycles. The first kappa shape index (κ1) is 25.1. The summed E-state index contributed by atoms with van der Waals surface area (Å²) in [7, 11) is 3.05. The summed E-state index contributed by atoms with van der Waals surface area (Å²) in [4.78, 5) is 32.2. The van der Waals surface area contributed by atoms with Crippen molar-refractivity contribution in [2.24, 2.45) is 0 Å². The van der Waals surface area contributed by atoms with Crippen LogP contribution in [0.3, 0.4) is 0 Å². The third-order valence-corrected chi connectivity index (χ3v) is 6.15. The maximum Gasteiger partial charge on any atom is 0.253 e. The van der Waals surface area contributed by atoms with Gasteiger partial charge in [-0.25, -0.2) is 4.98 Å². The topological polar surface area (TPSA) is 104 Å². The van der Waals surface area contributed by atoms with Gasteiger partial charge in [0.1, 0.15) is 5.15 Å². The fourth-order valence-corrected chi connectivity index (χ4v) is 4.51. The largest absolute Gasteiger partial charge is 0.389 e. The molecular weight excluding hydrogens is 444 g/mol. The first-order chi connectivity index (χ1) is 15.7. The highest BCUT2D eigenvalue weighted by atomic mass is 35.5. The van der Waals surface area contributed by atoms with Gasteiger partial charge >= 0.3 is 0 Å². The molecule has 8 nitrogen and oxygen atoms in total. The van der Waals surface area contributed by atoms with Crippen LogP contribution in [-0.2, 0) is 14.9 Å². The SMILES string of the molecule is CNC(=O)c1cc(Cl)ncc1NC(=O)C1(c2ccccc2C(C)C)CN(C[C@@H](O)COC)C1. The number of carbonyl (C=O) groups excluding carboxylic acids is 2. The lowest BCUT2D eigenvalue weighted by atomic mass is 9.69. The number of likely N-dealkylation sites (tertiary alicyclic amines) is 1. The molecule has 0 aliphatic carbocycles. The summed E-state index contributed by atoms with van der Waals surface area (Å²) in [6.07, 6.45) is 0.753. The van der Waals surface area contributed by atoms with Gasteiger partial charge in [-0.05, 0) is 23.1 Å². The van der Waals surface area contributed by atoms with E-state index in [1.807, 2.05) is 29.2 Å². The van der Waals surface area contributed by atoms with Crippen molar-refractivity contribution in [1.82, 2.24) is 15.2 Å². The van der Waals surface area contributed by atoms with Crippen LogP contribution in [0.4, 0.5) is 5.69 Å². The number of benzene rings is 1. The fourth-order valence-electron chi connectivity index (χ4n) is 4.36. The monoisotopic (exact) mass is 474 g/mol. The van der Waals surface area contributed by atoms with Crippen LogP contribution in [-0.4, -0.2) is 73.3 Å². The van der Waals surface area contributed by atoms with Gasteiger partial charge in [0.2, 0.25) is 5.91 Å². The zero-order valence-corrected chi connectivity index (χ0v) is 20.1. The molecule has 0 unspecified atom stereocenters. The van der Waals surface area contributed by atoms with E-state index in [0.717, 1.165) is 11.1 Å². The van der Waals surface area contributed by atoms with Crippen molar-refractivity contribution in [1.29, 1.82) is 0 Å². The van der Waals surface area contributed by atoms with Crippen LogP contribution in [0.2, 0.25) is 5.15 Å². The van der Waals surface area contributed by atoms with Crippen LogP contribution >= 0.6 is 11.6 Å². The van der Waals surface area contributed by atoms with Crippen molar-refractivity contribution in [2.45, 2.75) is 31.3 Å². The number of halogens is 1. The molecule has 1 saturated heterocycles. The van der Waals surface area contributed by atoms with Crippen LogP contribution in [0.5, 0.6) is 0 Å². The van der Waals surface area contributed by atoms with E-state index in [1.165, 1.54) is 19.3 Å². The van der Waals surface area contributed by atoms with E-state index < -0.39 is 11.5 Å². The van der Waals surface area contributed by atoms with E-state index in [9.17, 15) is 14.7 Å². The average Bonchev–Trinajstić information content (AvgIpc) is 2.76. The Morgan fingerprint density at radius 3 is 2.64 bits per heavy atom. The number of nitrogens with one attached hydrogen (secondary N) is 2. The molecule has 2 aromatic rings. The summed E-state index contributed by atoms with van der Waals surface area (Å²) in [5.41, 5.74) is 1.73. The second-order valence-corrected chi connectivity index (χ2v) is 9.08. The Labute approximate surface area is 199 Å². The molecule has 1 aliphatic rings. The van der Waals surface area contributed by atoms with Gasteiger partial charge in [0.25, 0.3) is 5.91 Å². The molecule has 3 N–H and O–H groups in total. The number of nitrogens with zero attached hydrogens (tertiary/aromatic N) is 2. The number of hydrogen-bond acceptors (Lipinski definition) is 6. The number of rotatable bonds is 9. The number of carbonyl (C=O) groups is 2. The Hall–Kier alpha value is -2.52. The maximum absolute atomic E-state index is 13.8. The number of β-amino-alcohol motifs (C(OH)–C–C–N with tert-alkyl or cyclic N) is 1. The predicted molar refractivity (Wildman–Crippen MR) is 128 cm³/mol. The van der Waals surface area contributed by atoms with Crippen molar-refractivity contribution in [3.8, 4) is 0 Å². The molecule has 1 aromatic heterocycles. The molecule has 3 rings (SSSR count). The second kappa shape index (κ2) is 10.6. The van der Waals surface area contributed by atoms with E-state index >= 15 is 0 Å². The van der Waals surface area contributed by atoms with Gasteiger partial charge in [0.15, 0.2) is 0 Å². The van der Waals surface area contributed by atoms with E-state index in [2.05, 4.69) is 29.5 Å². The number of hydrogen-bond donors (Lipinski definition) is 3. The highest BCUT2D eigenvalue weighted by molar-refractivity contribution is 6.30. The highest BCUT2D eigenvalue weighted by Crippen LogP contribution is 2.40. The number of aliphatic hydroxyl groups excluding tert-OH is 1. The molecular formula is C24H31ClN4O4. The van der Waals surface area contributed by atoms with Crippen molar-refractivity contribution in [3.05, 3.63) is 58.4 Å². The smallest absolute Gasteiger partial charge is 0.253 e. The number of methoxy groups -OCH3 is 1. The van der Waals surface area contributed by atoms with Crippen LogP contribution < -0.4 is 10.6 Å². The van der Waals surface area contributed by atoms with E-state index in [1.54, 1.807) is 7.11 Å². The lowest BCUT2D eigenvalue weighted by Crippen LogP contribution is -2.66. The molecule has 0 bridgehead atoms. The minimum absolute atomic E-state index is 0.161. The summed E-state index contributed by atoms with van der Waals surface area (Å²) in [5.74, 6) is -0.385. The molecule has 178 valence electrons. The summed E-state index contributed by atoms with van der Waals surface area (Å²) < 4.78 is 5.03. The Kier molecular flexibility index (Phi) is 8.07. The molecule has 2 amide bonds. The number of anilines is 1. The zero-order valence-electron chi connectivity index (χ0n) is 19.4. The first-order valence-electron chi connectivity index (χ1n) is 10.9. The van der Waals surface area contributed by atoms with Gasteiger partial charge in [-0.2, -0.15) is 0 Å². The van der Waals surface area contributed by atoms with Gasteiger partial charge in [0.05, 0.1) is 35.6 Å². The van der Waals surface area contributed by atoms with Crippen LogP contribution in [0, 0.1) is 0 Å². The van der Waals surface area contributed by atoms with Crippen LogP contribution in [0.1, 0.15) is 41.3 Å². The first-order valence-corrected chi connectivity index (χ1v) is 11.3. The normalized spacial score (nSPS) is 16.2. The number of ether oxygens (including phenoxy) is 1. The minimum Gasteiger partial charge on any atom is -0.389 e. The summed E-state index contributed by atoms with van der Waals surface area (Å²) in [6, 6.07) is 9.35. The fraction of sp³-hybridized carbons (Fsp3) is 0.458. The second-order valence-electron chi connectivity index (χ2n) is 8.69. The Morgan fingerprint density at radius 2 is 2.00 bits per heavy atom. The predicted octanol–water partition coefficient (Wildman–Crippen LogP) is 2.42.